The Morgan fingerprint density at radius 1 is 0.714 bits per heavy atom. The van der Waals surface area contributed by atoms with Crippen LogP contribution < -0.4 is 10.6 Å². The third kappa shape index (κ3) is 3.12. The molecule has 0 N–H and O–H groups in total. The second kappa shape index (κ2) is 6.60. The zero-order chi connectivity index (χ0) is 15.5. The highest BCUT2D eigenvalue weighted by Crippen LogP contribution is 2.50. The molecule has 0 aromatic heterocycles. The van der Waals surface area contributed by atoms with E-state index in [9.17, 15) is 4.57 Å². The second-order valence-corrected chi connectivity index (χ2v) is 8.46. The van der Waals surface area contributed by atoms with Gasteiger partial charge in [-0.25, -0.2) is 4.67 Å². The van der Waals surface area contributed by atoms with Crippen molar-refractivity contribution in [3.05, 3.63) is 60.7 Å². The molecule has 0 amide bonds. The number of nitrogens with zero attached hydrogens (tertiary/aromatic N) is 1. The smallest absolute Gasteiger partial charge is 0.207 e. The van der Waals surface area contributed by atoms with Gasteiger partial charge in [0.25, 0.3) is 0 Å². The molecule has 0 aliphatic heterocycles. The highest BCUT2D eigenvalue weighted by atomic mass is 31.2. The molecule has 21 heavy (non-hydrogen) atoms. The molecule has 0 bridgehead atoms. The minimum Gasteiger partial charge on any atom is -0.296 e. The van der Waals surface area contributed by atoms with Gasteiger partial charge in [-0.2, -0.15) is 0 Å². The van der Waals surface area contributed by atoms with Crippen LogP contribution in [-0.2, 0) is 4.57 Å². The lowest BCUT2D eigenvalue weighted by molar-refractivity contribution is 0.307. The molecule has 0 radical (unpaired) electrons. The molecule has 0 atom stereocenters. The summed E-state index contributed by atoms with van der Waals surface area (Å²) in [5.41, 5.74) is 0. The molecule has 112 valence electrons. The largest absolute Gasteiger partial charge is 0.296 e. The summed E-state index contributed by atoms with van der Waals surface area (Å²) in [5, 5.41) is 1.80. The first-order valence-corrected chi connectivity index (χ1v) is 9.14. The molecule has 0 aliphatic carbocycles. The molecular formula is C18H24NOP. The Morgan fingerprint density at radius 2 is 1.05 bits per heavy atom. The van der Waals surface area contributed by atoms with Crippen molar-refractivity contribution in [3.8, 4) is 0 Å². The van der Waals surface area contributed by atoms with Gasteiger partial charge in [-0.1, -0.05) is 36.4 Å². The molecule has 2 aromatic rings. The van der Waals surface area contributed by atoms with Crippen LogP contribution in [0.15, 0.2) is 60.7 Å². The lowest BCUT2D eigenvalue weighted by Gasteiger charge is -2.38. The highest BCUT2D eigenvalue weighted by molar-refractivity contribution is 7.76. The molecule has 2 aromatic carbocycles. The van der Waals surface area contributed by atoms with Gasteiger partial charge >= 0.3 is 0 Å². The van der Waals surface area contributed by atoms with Crippen LogP contribution in [0.2, 0.25) is 0 Å². The van der Waals surface area contributed by atoms with Crippen LogP contribution in [0.4, 0.5) is 0 Å². The zero-order valence-electron chi connectivity index (χ0n) is 13.2. The number of hydrogen-bond donors (Lipinski definition) is 0. The molecule has 3 heteroatoms. The van der Waals surface area contributed by atoms with Gasteiger partial charge in [0.1, 0.15) is 0 Å². The van der Waals surface area contributed by atoms with E-state index in [1.807, 2.05) is 60.7 Å². The van der Waals surface area contributed by atoms with Gasteiger partial charge in [0.05, 0.1) is 0 Å². The second-order valence-electron chi connectivity index (χ2n) is 5.81. The summed E-state index contributed by atoms with van der Waals surface area (Å²) >= 11 is 0. The predicted molar refractivity (Wildman–Crippen MR) is 91.9 cm³/mol. The zero-order valence-corrected chi connectivity index (χ0v) is 14.1. The van der Waals surface area contributed by atoms with Crippen LogP contribution in [0.3, 0.4) is 0 Å². The molecule has 0 spiro atoms. The molecule has 2 rings (SSSR count). The third-order valence-electron chi connectivity index (χ3n) is 3.60. The lowest BCUT2D eigenvalue weighted by atomic mass is 10.3. The van der Waals surface area contributed by atoms with Crippen molar-refractivity contribution in [2.24, 2.45) is 0 Å². The van der Waals surface area contributed by atoms with Crippen molar-refractivity contribution in [2.75, 3.05) is 0 Å². The van der Waals surface area contributed by atoms with E-state index in [2.05, 4.69) is 32.4 Å². The van der Waals surface area contributed by atoms with Crippen LogP contribution in [-0.4, -0.2) is 16.8 Å². The topological polar surface area (TPSA) is 20.3 Å². The first-order chi connectivity index (χ1) is 9.98. The Labute approximate surface area is 128 Å². The molecule has 0 fully saturated rings. The number of hydrogen-bond acceptors (Lipinski definition) is 1. The van der Waals surface area contributed by atoms with Gasteiger partial charge in [-0.15, -0.1) is 0 Å². The van der Waals surface area contributed by atoms with E-state index in [4.69, 9.17) is 0 Å². The van der Waals surface area contributed by atoms with Crippen molar-refractivity contribution < 1.29 is 4.57 Å². The normalized spacial score (nSPS) is 12.3. The Balaban J connectivity index is 2.68. The van der Waals surface area contributed by atoms with Crippen LogP contribution in [0.1, 0.15) is 27.7 Å². The summed E-state index contributed by atoms with van der Waals surface area (Å²) in [4.78, 5) is 0. The quantitative estimate of drug-likeness (QED) is 0.777. The van der Waals surface area contributed by atoms with Crippen molar-refractivity contribution in [3.63, 3.8) is 0 Å². The van der Waals surface area contributed by atoms with Gasteiger partial charge in [0.15, 0.2) is 0 Å². The maximum Gasteiger partial charge on any atom is 0.207 e. The van der Waals surface area contributed by atoms with E-state index >= 15 is 0 Å². The fraction of sp³-hybridized carbons (Fsp3) is 0.333. The standard InChI is InChI=1S/C18H24NOP/c1-15(2)19(16(3)4)21(20,17-11-7-5-8-12-17)18-13-9-6-10-14-18/h5-16H,1-4H3. The maximum absolute atomic E-state index is 14.1. The summed E-state index contributed by atoms with van der Waals surface area (Å²) < 4.78 is 16.3. The SMILES string of the molecule is CC(C)N(C(C)C)P(=O)(c1ccccc1)c1ccccc1. The Bertz CT molecular complexity index is 556. The van der Waals surface area contributed by atoms with Crippen LogP contribution in [0, 0.1) is 0 Å². The van der Waals surface area contributed by atoms with Crippen molar-refractivity contribution in [1.82, 2.24) is 4.67 Å². The van der Waals surface area contributed by atoms with Crippen LogP contribution in [0.25, 0.3) is 0 Å². The average molecular weight is 301 g/mol. The monoisotopic (exact) mass is 301 g/mol. The van der Waals surface area contributed by atoms with E-state index in [0.29, 0.717) is 0 Å². The minimum atomic E-state index is -2.81. The first kappa shape index (κ1) is 16.0. The van der Waals surface area contributed by atoms with E-state index in [-0.39, 0.29) is 12.1 Å². The molecular weight excluding hydrogens is 277 g/mol. The van der Waals surface area contributed by atoms with Gasteiger partial charge in [0, 0.05) is 22.7 Å². The molecule has 0 unspecified atom stereocenters. The van der Waals surface area contributed by atoms with E-state index in [1.165, 1.54) is 0 Å². The first-order valence-electron chi connectivity index (χ1n) is 7.48. The number of benzene rings is 2. The summed E-state index contributed by atoms with van der Waals surface area (Å²) in [6, 6.07) is 20.1. The molecule has 2 nitrogen and oxygen atoms in total. The van der Waals surface area contributed by atoms with Crippen molar-refractivity contribution in [2.45, 2.75) is 39.8 Å². The summed E-state index contributed by atoms with van der Waals surface area (Å²) in [6.07, 6.45) is 0. The molecule has 0 saturated carbocycles. The highest BCUT2D eigenvalue weighted by Gasteiger charge is 2.37. The Kier molecular flexibility index (Phi) is 5.03. The Hall–Kier alpha value is -1.37. The molecule has 0 heterocycles. The third-order valence-corrected chi connectivity index (χ3v) is 7.17. The minimum absolute atomic E-state index is 0.205. The van der Waals surface area contributed by atoms with Crippen molar-refractivity contribution >= 4 is 17.9 Å². The van der Waals surface area contributed by atoms with Gasteiger partial charge < -0.3 is 0 Å². The summed E-state index contributed by atoms with van der Waals surface area (Å²) in [5.74, 6) is 0. The van der Waals surface area contributed by atoms with E-state index in [0.717, 1.165) is 10.6 Å². The fourth-order valence-electron chi connectivity index (χ4n) is 2.92. The average Bonchev–Trinajstić information content (AvgIpc) is 2.48. The van der Waals surface area contributed by atoms with E-state index in [1.54, 1.807) is 0 Å². The van der Waals surface area contributed by atoms with Gasteiger partial charge in [-0.05, 0) is 52.0 Å². The maximum atomic E-state index is 14.1. The number of rotatable bonds is 5. The van der Waals surface area contributed by atoms with Crippen LogP contribution in [0.5, 0.6) is 0 Å². The molecule has 0 aliphatic rings. The predicted octanol–water partition coefficient (Wildman–Crippen LogP) is 4.03. The summed E-state index contributed by atoms with van der Waals surface area (Å²) in [6.45, 7) is 8.44. The van der Waals surface area contributed by atoms with Crippen LogP contribution >= 0.6 is 7.29 Å². The summed E-state index contributed by atoms with van der Waals surface area (Å²) in [7, 11) is -2.81. The van der Waals surface area contributed by atoms with E-state index < -0.39 is 7.29 Å². The van der Waals surface area contributed by atoms with Crippen molar-refractivity contribution in [1.29, 1.82) is 0 Å². The van der Waals surface area contributed by atoms with Gasteiger partial charge in [0.2, 0.25) is 7.29 Å². The van der Waals surface area contributed by atoms with Gasteiger partial charge in [-0.3, -0.25) is 4.57 Å². The molecule has 0 saturated heterocycles. The Morgan fingerprint density at radius 3 is 1.33 bits per heavy atom. The fourth-order valence-corrected chi connectivity index (χ4v) is 6.21. The lowest BCUT2D eigenvalue weighted by Crippen LogP contribution is -2.41.